The molecule has 2 N–H and O–H groups in total. The average molecular weight is 384 g/mol. The molecule has 0 aromatic heterocycles. The molecule has 0 aliphatic heterocycles. The van der Waals surface area contributed by atoms with E-state index in [0.717, 1.165) is 5.56 Å². The molecule has 0 aliphatic carbocycles. The van der Waals surface area contributed by atoms with Crippen LogP contribution in [0.1, 0.15) is 37.3 Å². The van der Waals surface area contributed by atoms with Gasteiger partial charge in [0.2, 0.25) is 11.8 Å². The quantitative estimate of drug-likeness (QED) is 0.649. The van der Waals surface area contributed by atoms with Gasteiger partial charge in [0.1, 0.15) is 6.42 Å². The van der Waals surface area contributed by atoms with E-state index in [-0.39, 0.29) is 18.2 Å². The van der Waals surface area contributed by atoms with E-state index in [0.29, 0.717) is 36.1 Å². The molecular weight excluding hydrogens is 356 g/mol. The summed E-state index contributed by atoms with van der Waals surface area (Å²) in [4.78, 5) is 24.0. The van der Waals surface area contributed by atoms with Gasteiger partial charge in [-0.05, 0) is 47.7 Å². The van der Waals surface area contributed by atoms with Crippen LogP contribution in [-0.4, -0.2) is 32.6 Å². The maximum absolute atomic E-state index is 12.0. The smallest absolute Gasteiger partial charge is 0.233 e. The lowest BCUT2D eigenvalue weighted by Gasteiger charge is -2.10. The second-order valence-corrected chi connectivity index (χ2v) is 6.79. The number of nitrogens with one attached hydrogen (secondary N) is 2. The molecule has 2 aromatic rings. The van der Waals surface area contributed by atoms with Crippen LogP contribution in [0.15, 0.2) is 42.5 Å². The molecule has 0 saturated heterocycles. The van der Waals surface area contributed by atoms with Crippen molar-refractivity contribution in [1.29, 1.82) is 0 Å². The van der Waals surface area contributed by atoms with Gasteiger partial charge in [0.15, 0.2) is 11.5 Å². The number of carbonyl (C=O) groups is 2. The van der Waals surface area contributed by atoms with E-state index in [4.69, 9.17) is 9.47 Å². The van der Waals surface area contributed by atoms with Crippen molar-refractivity contribution >= 4 is 17.5 Å². The van der Waals surface area contributed by atoms with Crippen LogP contribution in [0.5, 0.6) is 11.5 Å². The Morgan fingerprint density at radius 3 is 2.21 bits per heavy atom. The van der Waals surface area contributed by atoms with E-state index in [1.165, 1.54) is 5.56 Å². The molecule has 0 unspecified atom stereocenters. The molecule has 0 spiro atoms. The van der Waals surface area contributed by atoms with E-state index in [1.807, 2.05) is 42.5 Å². The van der Waals surface area contributed by atoms with Gasteiger partial charge in [-0.1, -0.05) is 32.0 Å². The molecule has 2 rings (SSSR count). The third-order valence-electron chi connectivity index (χ3n) is 4.37. The summed E-state index contributed by atoms with van der Waals surface area (Å²) in [5, 5.41) is 5.51. The number of methoxy groups -OCH3 is 2. The van der Waals surface area contributed by atoms with Crippen molar-refractivity contribution < 1.29 is 19.1 Å². The van der Waals surface area contributed by atoms with Gasteiger partial charge in [-0.3, -0.25) is 9.59 Å². The summed E-state index contributed by atoms with van der Waals surface area (Å²) in [6.07, 6.45) is 0.419. The maximum atomic E-state index is 12.0. The van der Waals surface area contributed by atoms with Gasteiger partial charge < -0.3 is 20.1 Å². The SMILES string of the molecule is COc1ccc(CCNC(=O)CC(=O)Nc2ccc(C(C)C)cc2)cc1OC. The number of hydrogen-bond acceptors (Lipinski definition) is 4. The zero-order valence-corrected chi connectivity index (χ0v) is 16.9. The highest BCUT2D eigenvalue weighted by molar-refractivity contribution is 6.03. The predicted molar refractivity (Wildman–Crippen MR) is 110 cm³/mol. The van der Waals surface area contributed by atoms with Crippen molar-refractivity contribution in [2.75, 3.05) is 26.1 Å². The fraction of sp³-hybridized carbons (Fsp3) is 0.364. The van der Waals surface area contributed by atoms with Crippen LogP contribution in [0.3, 0.4) is 0 Å². The van der Waals surface area contributed by atoms with Crippen molar-refractivity contribution in [1.82, 2.24) is 5.32 Å². The highest BCUT2D eigenvalue weighted by atomic mass is 16.5. The lowest BCUT2D eigenvalue weighted by molar-refractivity contribution is -0.126. The van der Waals surface area contributed by atoms with Gasteiger partial charge in [0, 0.05) is 12.2 Å². The summed E-state index contributed by atoms with van der Waals surface area (Å²) in [6, 6.07) is 13.3. The van der Waals surface area contributed by atoms with Crippen LogP contribution in [-0.2, 0) is 16.0 Å². The van der Waals surface area contributed by atoms with Gasteiger partial charge >= 0.3 is 0 Å². The molecule has 0 bridgehead atoms. The molecule has 0 heterocycles. The number of hydrogen-bond donors (Lipinski definition) is 2. The Kier molecular flexibility index (Phi) is 7.87. The third kappa shape index (κ3) is 6.30. The Labute approximate surface area is 166 Å². The van der Waals surface area contributed by atoms with Crippen LogP contribution >= 0.6 is 0 Å². The minimum Gasteiger partial charge on any atom is -0.493 e. The van der Waals surface area contributed by atoms with Crippen LogP contribution in [0, 0.1) is 0 Å². The summed E-state index contributed by atoms with van der Waals surface area (Å²) in [5.41, 5.74) is 2.89. The van der Waals surface area contributed by atoms with Gasteiger partial charge in [-0.15, -0.1) is 0 Å². The van der Waals surface area contributed by atoms with E-state index in [2.05, 4.69) is 24.5 Å². The van der Waals surface area contributed by atoms with E-state index < -0.39 is 0 Å². The molecule has 28 heavy (non-hydrogen) atoms. The molecule has 0 aliphatic rings. The zero-order chi connectivity index (χ0) is 20.5. The number of carbonyl (C=O) groups excluding carboxylic acids is 2. The van der Waals surface area contributed by atoms with Crippen molar-refractivity contribution in [2.45, 2.75) is 32.6 Å². The number of anilines is 1. The first kappa shape index (κ1) is 21.3. The van der Waals surface area contributed by atoms with Gasteiger partial charge in [0.25, 0.3) is 0 Å². The molecule has 6 heteroatoms. The van der Waals surface area contributed by atoms with E-state index >= 15 is 0 Å². The normalized spacial score (nSPS) is 10.5. The third-order valence-corrected chi connectivity index (χ3v) is 4.37. The Hall–Kier alpha value is -3.02. The number of rotatable bonds is 9. The van der Waals surface area contributed by atoms with Gasteiger partial charge in [0.05, 0.1) is 14.2 Å². The van der Waals surface area contributed by atoms with Crippen molar-refractivity contribution in [2.24, 2.45) is 0 Å². The highest BCUT2D eigenvalue weighted by Gasteiger charge is 2.10. The van der Waals surface area contributed by atoms with Gasteiger partial charge in [-0.2, -0.15) is 0 Å². The fourth-order valence-corrected chi connectivity index (χ4v) is 2.75. The first-order chi connectivity index (χ1) is 13.4. The summed E-state index contributed by atoms with van der Waals surface area (Å²) in [7, 11) is 3.17. The lowest BCUT2D eigenvalue weighted by atomic mass is 10.0. The minimum absolute atomic E-state index is 0.210. The highest BCUT2D eigenvalue weighted by Crippen LogP contribution is 2.27. The molecule has 0 radical (unpaired) electrons. The molecule has 0 saturated carbocycles. The Morgan fingerprint density at radius 1 is 0.929 bits per heavy atom. The number of benzene rings is 2. The summed E-state index contributed by atoms with van der Waals surface area (Å²) >= 11 is 0. The summed E-state index contributed by atoms with van der Waals surface area (Å²) < 4.78 is 10.5. The van der Waals surface area contributed by atoms with E-state index in [9.17, 15) is 9.59 Å². The van der Waals surface area contributed by atoms with Crippen molar-refractivity contribution in [3.63, 3.8) is 0 Å². The fourth-order valence-electron chi connectivity index (χ4n) is 2.75. The molecule has 0 fully saturated rings. The predicted octanol–water partition coefficient (Wildman–Crippen LogP) is 3.51. The van der Waals surface area contributed by atoms with Crippen molar-refractivity contribution in [3.8, 4) is 11.5 Å². The Balaban J connectivity index is 1.76. The zero-order valence-electron chi connectivity index (χ0n) is 16.9. The standard InChI is InChI=1S/C22H28N2O4/c1-15(2)17-6-8-18(9-7-17)24-22(26)14-21(25)23-12-11-16-5-10-19(27-3)20(13-16)28-4/h5-10,13,15H,11-12,14H2,1-4H3,(H,23,25)(H,24,26). The molecule has 2 amide bonds. The van der Waals surface area contributed by atoms with Crippen LogP contribution in [0.4, 0.5) is 5.69 Å². The Bertz CT molecular complexity index is 801. The topological polar surface area (TPSA) is 76.7 Å². The number of ether oxygens (including phenoxy) is 2. The molecule has 2 aromatic carbocycles. The van der Waals surface area contributed by atoms with E-state index in [1.54, 1.807) is 14.2 Å². The second-order valence-electron chi connectivity index (χ2n) is 6.79. The van der Waals surface area contributed by atoms with Crippen molar-refractivity contribution in [3.05, 3.63) is 53.6 Å². The Morgan fingerprint density at radius 2 is 1.61 bits per heavy atom. The van der Waals surface area contributed by atoms with Crippen LogP contribution in [0.2, 0.25) is 0 Å². The monoisotopic (exact) mass is 384 g/mol. The second kappa shape index (κ2) is 10.3. The van der Waals surface area contributed by atoms with Crippen LogP contribution in [0.25, 0.3) is 0 Å². The number of amides is 2. The minimum atomic E-state index is -0.332. The molecule has 6 nitrogen and oxygen atoms in total. The first-order valence-electron chi connectivity index (χ1n) is 9.30. The maximum Gasteiger partial charge on any atom is 0.233 e. The molecule has 0 atom stereocenters. The summed E-state index contributed by atoms with van der Waals surface area (Å²) in [5.74, 6) is 1.10. The lowest BCUT2D eigenvalue weighted by Crippen LogP contribution is -2.29. The van der Waals surface area contributed by atoms with Gasteiger partial charge in [-0.25, -0.2) is 0 Å². The first-order valence-corrected chi connectivity index (χ1v) is 9.30. The molecular formula is C22H28N2O4. The summed E-state index contributed by atoms with van der Waals surface area (Å²) in [6.45, 7) is 4.66. The largest absolute Gasteiger partial charge is 0.493 e. The van der Waals surface area contributed by atoms with Crippen LogP contribution < -0.4 is 20.1 Å². The average Bonchev–Trinajstić information content (AvgIpc) is 2.68. The molecule has 150 valence electrons.